The molecule has 2 N–H and O–H groups in total. The van der Waals surface area contributed by atoms with Crippen LogP contribution in [0.15, 0.2) is 55.6 Å². The third-order valence-electron chi connectivity index (χ3n) is 8.52. The van der Waals surface area contributed by atoms with Crippen molar-refractivity contribution in [3.8, 4) is 0 Å². The molecule has 3 heterocycles. The second kappa shape index (κ2) is 12.8. The summed E-state index contributed by atoms with van der Waals surface area (Å²) in [5.41, 5.74) is -1.07. The number of fused-ring (bicyclic) bond motifs is 1. The maximum Gasteiger partial charge on any atom is 0.313 e. The maximum absolute atomic E-state index is 14.2. The van der Waals surface area contributed by atoms with E-state index in [-0.39, 0.29) is 44.5 Å². The number of aliphatic hydroxyl groups excluding tert-OH is 1. The molecular weight excluding hydrogens is 538 g/mol. The zero-order valence-corrected chi connectivity index (χ0v) is 24.8. The van der Waals surface area contributed by atoms with Crippen molar-refractivity contribution in [2.24, 2.45) is 11.8 Å². The van der Waals surface area contributed by atoms with E-state index >= 15 is 0 Å². The fourth-order valence-corrected chi connectivity index (χ4v) is 6.66. The minimum Gasteiger partial charge on any atom is -0.455 e. The Morgan fingerprint density at radius 1 is 1.24 bits per heavy atom. The van der Waals surface area contributed by atoms with Gasteiger partial charge in [0.2, 0.25) is 17.7 Å². The van der Waals surface area contributed by atoms with E-state index < -0.39 is 53.1 Å². The van der Waals surface area contributed by atoms with Gasteiger partial charge in [0.1, 0.15) is 17.7 Å². The van der Waals surface area contributed by atoms with Gasteiger partial charge in [-0.2, -0.15) is 0 Å². The lowest BCUT2D eigenvalue weighted by atomic mass is 9.70. The van der Waals surface area contributed by atoms with Gasteiger partial charge in [0.15, 0.2) is 0 Å². The summed E-state index contributed by atoms with van der Waals surface area (Å²) >= 11 is 0. The number of hydrogen-bond donors (Lipinski definition) is 2. The van der Waals surface area contributed by atoms with E-state index in [0.29, 0.717) is 24.8 Å². The van der Waals surface area contributed by atoms with Gasteiger partial charge in [-0.05, 0) is 45.6 Å². The number of hydrogen-bond acceptors (Lipinski definition) is 7. The quantitative estimate of drug-likeness (QED) is 0.271. The number of nitrogens with zero attached hydrogens (tertiary/aromatic N) is 2. The van der Waals surface area contributed by atoms with Crippen LogP contribution in [0.5, 0.6) is 0 Å². The predicted octanol–water partition coefficient (Wildman–Crippen LogP) is 2.53. The monoisotopic (exact) mass is 581 g/mol. The molecule has 1 aromatic carbocycles. The average Bonchev–Trinajstić information content (AvgIpc) is 3.60. The number of likely N-dealkylation sites (tertiary alicyclic amines) is 1. The van der Waals surface area contributed by atoms with Gasteiger partial charge in [0.05, 0.1) is 31.1 Å². The molecule has 0 aromatic heterocycles. The molecule has 0 unspecified atom stereocenters. The van der Waals surface area contributed by atoms with Gasteiger partial charge in [-0.3, -0.25) is 19.2 Å². The number of esters is 1. The van der Waals surface area contributed by atoms with Crippen molar-refractivity contribution >= 4 is 23.7 Å². The van der Waals surface area contributed by atoms with Gasteiger partial charge in [0.25, 0.3) is 0 Å². The smallest absolute Gasteiger partial charge is 0.313 e. The van der Waals surface area contributed by atoms with Crippen molar-refractivity contribution < 1.29 is 33.8 Å². The Hall–Kier alpha value is -3.50. The van der Waals surface area contributed by atoms with Crippen LogP contribution in [0.1, 0.15) is 58.1 Å². The minimum atomic E-state index is -1.20. The molecule has 1 aromatic rings. The minimum absolute atomic E-state index is 0.0568. The van der Waals surface area contributed by atoms with E-state index in [1.807, 2.05) is 51.1 Å². The highest BCUT2D eigenvalue weighted by atomic mass is 16.6. The average molecular weight is 582 g/mol. The topological polar surface area (TPSA) is 125 Å². The van der Waals surface area contributed by atoms with E-state index in [2.05, 4.69) is 18.5 Å². The van der Waals surface area contributed by atoms with Crippen molar-refractivity contribution in [2.45, 2.75) is 75.8 Å². The molecule has 10 nitrogen and oxygen atoms in total. The molecule has 3 aliphatic heterocycles. The van der Waals surface area contributed by atoms with E-state index in [0.717, 1.165) is 0 Å². The van der Waals surface area contributed by atoms with Crippen molar-refractivity contribution in [2.75, 3.05) is 26.2 Å². The summed E-state index contributed by atoms with van der Waals surface area (Å²) in [6, 6.07) is 8.11. The summed E-state index contributed by atoms with van der Waals surface area (Å²) in [6.45, 7) is 13.1. The standard InChI is InChI=1S/C32H43N3O7/c1-6-8-14-24(37)33-20-23(21-12-10-9-11-13-21)41-30(40)25-22-15-16-32(42-22)26(25)28(38)34(18-19-36)27(32)29(39)35(17-7-2)31(3,4)5/h6-7,9-13,22-23,25-27,36H,1-2,8,14-20H2,3-5H3,(H,33,37)/t22-,23+,25+,26+,27-,32+/m1/s1. The second-order valence-corrected chi connectivity index (χ2v) is 12.2. The van der Waals surface area contributed by atoms with Crippen LogP contribution in [0.25, 0.3) is 0 Å². The summed E-state index contributed by atoms with van der Waals surface area (Å²) in [4.78, 5) is 57.4. The van der Waals surface area contributed by atoms with Crippen molar-refractivity contribution in [1.29, 1.82) is 0 Å². The number of amides is 3. The molecule has 3 aliphatic rings. The Labute approximate surface area is 247 Å². The van der Waals surface area contributed by atoms with Crippen LogP contribution in [0.2, 0.25) is 0 Å². The SMILES string of the molecule is C=CCCC(=O)NC[C@H](OC(=O)[C@@H]1[C@H]2C(=O)N(CCO)[C@H](C(=O)N(CC=C)C(C)(C)C)[C@]23CC[C@H]1O3)c1ccccc1. The second-order valence-electron chi connectivity index (χ2n) is 12.2. The molecule has 3 fully saturated rings. The van der Waals surface area contributed by atoms with Crippen LogP contribution in [0.4, 0.5) is 0 Å². The Morgan fingerprint density at radius 2 is 1.95 bits per heavy atom. The molecule has 0 aliphatic carbocycles. The third kappa shape index (κ3) is 5.87. The van der Waals surface area contributed by atoms with Crippen LogP contribution in [0.3, 0.4) is 0 Å². The Kier molecular flexibility index (Phi) is 9.57. The van der Waals surface area contributed by atoms with Crippen molar-refractivity contribution in [3.05, 3.63) is 61.2 Å². The van der Waals surface area contributed by atoms with Gasteiger partial charge in [0, 0.05) is 25.0 Å². The van der Waals surface area contributed by atoms with Crippen molar-refractivity contribution in [1.82, 2.24) is 15.1 Å². The zero-order chi connectivity index (χ0) is 30.7. The lowest BCUT2D eigenvalue weighted by molar-refractivity contribution is -0.160. The predicted molar refractivity (Wildman–Crippen MR) is 156 cm³/mol. The Balaban J connectivity index is 1.62. The number of ether oxygens (including phenoxy) is 2. The van der Waals surface area contributed by atoms with Crippen LogP contribution in [-0.2, 0) is 28.7 Å². The van der Waals surface area contributed by atoms with Gasteiger partial charge in [-0.1, -0.05) is 42.5 Å². The first-order chi connectivity index (χ1) is 20.0. The van der Waals surface area contributed by atoms with Crippen LogP contribution < -0.4 is 5.32 Å². The van der Waals surface area contributed by atoms with E-state index in [1.54, 1.807) is 17.1 Å². The number of aliphatic hydroxyl groups is 1. The fraction of sp³-hybridized carbons (Fsp3) is 0.562. The maximum atomic E-state index is 14.2. The summed E-state index contributed by atoms with van der Waals surface area (Å²) < 4.78 is 12.5. The highest BCUT2D eigenvalue weighted by Gasteiger charge is 2.75. The van der Waals surface area contributed by atoms with Crippen LogP contribution in [0, 0.1) is 11.8 Å². The van der Waals surface area contributed by atoms with E-state index in [1.165, 1.54) is 4.90 Å². The summed E-state index contributed by atoms with van der Waals surface area (Å²) in [5, 5.41) is 12.7. The molecule has 1 spiro atoms. The Bertz CT molecular complexity index is 1200. The van der Waals surface area contributed by atoms with Gasteiger partial charge < -0.3 is 29.7 Å². The molecule has 42 heavy (non-hydrogen) atoms. The molecule has 0 radical (unpaired) electrons. The third-order valence-corrected chi connectivity index (χ3v) is 8.52. The van der Waals surface area contributed by atoms with Crippen LogP contribution >= 0.6 is 0 Å². The van der Waals surface area contributed by atoms with E-state index in [4.69, 9.17) is 9.47 Å². The first kappa shape index (κ1) is 31.4. The lowest BCUT2D eigenvalue weighted by Gasteiger charge is -2.41. The molecule has 10 heteroatoms. The molecule has 6 atom stereocenters. The molecule has 0 saturated carbocycles. The summed E-state index contributed by atoms with van der Waals surface area (Å²) in [7, 11) is 0. The lowest BCUT2D eigenvalue weighted by Crippen LogP contribution is -2.60. The zero-order valence-electron chi connectivity index (χ0n) is 24.8. The van der Waals surface area contributed by atoms with Gasteiger partial charge >= 0.3 is 5.97 Å². The normalized spacial score (nSPS) is 26.9. The molecule has 228 valence electrons. The summed E-state index contributed by atoms with van der Waals surface area (Å²) in [6.07, 6.45) is 3.65. The number of nitrogens with one attached hydrogen (secondary N) is 1. The largest absolute Gasteiger partial charge is 0.455 e. The number of carbonyl (C=O) groups excluding carboxylic acids is 4. The molecular formula is C32H43N3O7. The highest BCUT2D eigenvalue weighted by Crippen LogP contribution is 2.59. The van der Waals surface area contributed by atoms with Crippen LogP contribution in [-0.4, -0.2) is 88.1 Å². The number of allylic oxidation sites excluding steroid dienone is 1. The molecule has 3 amide bonds. The Morgan fingerprint density at radius 3 is 2.57 bits per heavy atom. The number of rotatable bonds is 13. The fourth-order valence-electron chi connectivity index (χ4n) is 6.66. The first-order valence-corrected chi connectivity index (χ1v) is 14.6. The number of carbonyl (C=O) groups is 4. The molecule has 4 rings (SSSR count). The first-order valence-electron chi connectivity index (χ1n) is 14.6. The number of benzene rings is 1. The molecule has 2 bridgehead atoms. The highest BCUT2D eigenvalue weighted by molar-refractivity contribution is 5.98. The van der Waals surface area contributed by atoms with Gasteiger partial charge in [-0.15, -0.1) is 13.2 Å². The molecule has 3 saturated heterocycles. The summed E-state index contributed by atoms with van der Waals surface area (Å²) in [5.74, 6) is -3.34. The van der Waals surface area contributed by atoms with Crippen molar-refractivity contribution in [3.63, 3.8) is 0 Å². The number of β-amino-alcohol motifs (C(OH)–C–C–N with tert-alkyl or cyclic N) is 1. The van der Waals surface area contributed by atoms with Gasteiger partial charge in [-0.25, -0.2) is 0 Å². The van der Waals surface area contributed by atoms with E-state index in [9.17, 15) is 24.3 Å².